The van der Waals surface area contributed by atoms with Gasteiger partial charge in [-0.25, -0.2) is 0 Å². The summed E-state index contributed by atoms with van der Waals surface area (Å²) in [5.74, 6) is 0. The minimum Gasteiger partial charge on any atom is -0.396 e. The predicted molar refractivity (Wildman–Crippen MR) is 100 cm³/mol. The third kappa shape index (κ3) is 58.4. The molecule has 12 N–H and O–H groups in total. The van der Waals surface area contributed by atoms with Crippen LogP contribution in [0.3, 0.4) is 0 Å². The first-order chi connectivity index (χ1) is 12.8. The zero-order valence-corrected chi connectivity index (χ0v) is 18.8. The summed E-state index contributed by atoms with van der Waals surface area (Å²) in [7, 11) is -5.24. The molecule has 17 heteroatoms. The van der Waals surface area contributed by atoms with Crippen molar-refractivity contribution in [3.63, 3.8) is 0 Å². The molecular weight excluding hydrogens is 489 g/mol. The van der Waals surface area contributed by atoms with E-state index < -0.39 is 28.0 Å². The maximum atomic E-state index is 8.47. The molecule has 0 aliphatic heterocycles. The summed E-state index contributed by atoms with van der Waals surface area (Å²) in [5, 5.41) is 50.8. The van der Waals surface area contributed by atoms with Crippen LogP contribution in [0.4, 0.5) is 0 Å². The molecule has 0 aromatic carbocycles. The van der Waals surface area contributed by atoms with E-state index >= 15 is 0 Å². The largest absolute Gasteiger partial charge is 0.396 e. The molecule has 0 spiro atoms. The maximum absolute atomic E-state index is 8.47. The first kappa shape index (κ1) is 47.1. The number of hydrogen-bond donors (Lipinski definition) is 12. The standard InChI is InChI=1S/2C5H12O3.2CH2O.Ni.2H3O3P/c2*1-5(2-6,3-7)4-8;2*1-2;;2*1-4(2)3/h2*6-8H,2-4H2,1H3;2*1H2;;2*1-3H. The number of rotatable bonds is 6. The van der Waals surface area contributed by atoms with Crippen molar-refractivity contribution >= 4 is 30.8 Å². The van der Waals surface area contributed by atoms with E-state index in [-0.39, 0.29) is 56.1 Å². The summed E-state index contributed by atoms with van der Waals surface area (Å²) in [6, 6.07) is 0. The Hall–Kier alpha value is 0.214. The molecular formula is C12H34NiO14P2. The number of aliphatic hydroxyl groups is 6. The number of carbonyl (C=O) groups is 2. The van der Waals surface area contributed by atoms with Gasteiger partial charge < -0.3 is 69.6 Å². The quantitative estimate of drug-likeness (QED) is 0.117. The molecule has 0 unspecified atom stereocenters. The van der Waals surface area contributed by atoms with Crippen LogP contribution < -0.4 is 0 Å². The average Bonchev–Trinajstić information content (AvgIpc) is 2.69. The molecule has 0 saturated heterocycles. The minimum absolute atomic E-state index is 0. The topological polar surface area (TPSA) is 277 Å². The fourth-order valence-electron chi connectivity index (χ4n) is 0.300. The van der Waals surface area contributed by atoms with E-state index in [4.69, 9.17) is 69.6 Å². The molecule has 0 aliphatic rings. The monoisotopic (exact) mass is 522 g/mol. The van der Waals surface area contributed by atoms with E-state index in [0.717, 1.165) is 0 Å². The third-order valence-electron chi connectivity index (χ3n) is 2.29. The smallest absolute Gasteiger partial charge is 0.324 e. The van der Waals surface area contributed by atoms with Crippen LogP contribution in [0.15, 0.2) is 0 Å². The Labute approximate surface area is 181 Å². The second-order valence-corrected chi connectivity index (χ2v) is 6.18. The first-order valence-corrected chi connectivity index (χ1v) is 9.20. The van der Waals surface area contributed by atoms with Gasteiger partial charge in [0.05, 0.1) is 39.6 Å². The second kappa shape index (κ2) is 35.6. The van der Waals surface area contributed by atoms with Gasteiger partial charge in [-0.1, -0.05) is 13.8 Å². The van der Waals surface area contributed by atoms with E-state index in [2.05, 4.69) is 0 Å². The molecule has 0 rings (SSSR count). The molecule has 0 radical (unpaired) electrons. The van der Waals surface area contributed by atoms with E-state index in [1.165, 1.54) is 0 Å². The van der Waals surface area contributed by atoms with Crippen LogP contribution in [0.25, 0.3) is 0 Å². The van der Waals surface area contributed by atoms with Crippen LogP contribution in [0.2, 0.25) is 0 Å². The van der Waals surface area contributed by atoms with Crippen LogP contribution >= 0.6 is 17.2 Å². The second-order valence-electron chi connectivity index (χ2n) is 5.11. The Morgan fingerprint density at radius 2 is 0.586 bits per heavy atom. The van der Waals surface area contributed by atoms with E-state index in [1.54, 1.807) is 13.8 Å². The molecule has 0 amide bonds. The predicted octanol–water partition coefficient (Wildman–Crippen LogP) is -4.05. The van der Waals surface area contributed by atoms with E-state index in [9.17, 15) is 0 Å². The molecule has 0 heterocycles. The Bertz CT molecular complexity index is 223. The van der Waals surface area contributed by atoms with Crippen LogP contribution in [-0.4, -0.2) is 113 Å². The number of aliphatic hydroxyl groups excluding tert-OH is 6. The molecule has 0 bridgehead atoms. The Balaban J connectivity index is -0.0000000432. The van der Waals surface area contributed by atoms with Gasteiger partial charge in [-0.2, -0.15) is 0 Å². The van der Waals surface area contributed by atoms with Crippen molar-refractivity contribution in [1.82, 2.24) is 0 Å². The molecule has 0 saturated carbocycles. The van der Waals surface area contributed by atoms with Crippen molar-refractivity contribution in [2.75, 3.05) is 39.6 Å². The summed E-state index contributed by atoms with van der Waals surface area (Å²) in [4.78, 5) is 59.4. The molecule has 0 aromatic rings. The van der Waals surface area contributed by atoms with Crippen molar-refractivity contribution in [2.45, 2.75) is 13.8 Å². The SMILES string of the molecule is C=O.C=O.CC(CO)(CO)CO.CC(CO)(CO)CO.OP(O)O.OP(O)O.[Ni]. The van der Waals surface area contributed by atoms with Gasteiger partial charge >= 0.3 is 17.2 Å². The summed E-state index contributed by atoms with van der Waals surface area (Å²) < 4.78 is 0. The molecule has 0 fully saturated rings. The Morgan fingerprint density at radius 1 is 0.517 bits per heavy atom. The van der Waals surface area contributed by atoms with Gasteiger partial charge in [-0.05, 0) is 0 Å². The molecule has 0 aromatic heterocycles. The van der Waals surface area contributed by atoms with Crippen molar-refractivity contribution < 1.29 is 86.1 Å². The van der Waals surface area contributed by atoms with Gasteiger partial charge in [0.15, 0.2) is 0 Å². The molecule has 14 nitrogen and oxygen atoms in total. The van der Waals surface area contributed by atoms with Crippen LogP contribution in [0.1, 0.15) is 13.8 Å². The maximum Gasteiger partial charge on any atom is 0.324 e. The number of hydrogen-bond acceptors (Lipinski definition) is 14. The van der Waals surface area contributed by atoms with E-state index in [1.807, 2.05) is 13.6 Å². The molecule has 29 heavy (non-hydrogen) atoms. The van der Waals surface area contributed by atoms with Crippen LogP contribution in [-0.2, 0) is 26.1 Å². The summed E-state index contributed by atoms with van der Waals surface area (Å²) in [6.45, 7) is 6.12. The zero-order valence-electron chi connectivity index (χ0n) is 16.1. The van der Waals surface area contributed by atoms with Gasteiger partial charge in [0, 0.05) is 27.3 Å². The van der Waals surface area contributed by atoms with Gasteiger partial charge in [0.2, 0.25) is 0 Å². The van der Waals surface area contributed by atoms with Gasteiger partial charge in [-0.3, -0.25) is 0 Å². The fraction of sp³-hybridized carbons (Fsp3) is 0.833. The first-order valence-electron chi connectivity index (χ1n) is 6.80. The van der Waals surface area contributed by atoms with Crippen LogP contribution in [0, 0.1) is 10.8 Å². The van der Waals surface area contributed by atoms with Gasteiger partial charge in [0.1, 0.15) is 13.6 Å². The third-order valence-corrected chi connectivity index (χ3v) is 2.29. The minimum atomic E-state index is -2.62. The van der Waals surface area contributed by atoms with Crippen molar-refractivity contribution in [3.8, 4) is 0 Å². The van der Waals surface area contributed by atoms with Gasteiger partial charge in [-0.15, -0.1) is 0 Å². The molecule has 0 aliphatic carbocycles. The fourth-order valence-corrected chi connectivity index (χ4v) is 0.300. The van der Waals surface area contributed by atoms with Crippen molar-refractivity contribution in [3.05, 3.63) is 0 Å². The summed E-state index contributed by atoms with van der Waals surface area (Å²) in [5.41, 5.74) is -1.42. The average molecular weight is 523 g/mol. The Kier molecular flexibility index (Phi) is 57.9. The van der Waals surface area contributed by atoms with Crippen molar-refractivity contribution in [2.24, 2.45) is 10.8 Å². The normalized spacial score (nSPS) is 9.38. The number of carbonyl (C=O) groups excluding carboxylic acids is 2. The molecule has 0 atom stereocenters. The summed E-state index contributed by atoms with van der Waals surface area (Å²) in [6.07, 6.45) is 0. The van der Waals surface area contributed by atoms with Crippen LogP contribution in [0.5, 0.6) is 0 Å². The van der Waals surface area contributed by atoms with Gasteiger partial charge in [0.25, 0.3) is 0 Å². The molecule has 186 valence electrons. The Morgan fingerprint density at radius 3 is 0.586 bits per heavy atom. The summed E-state index contributed by atoms with van der Waals surface area (Å²) >= 11 is 0. The van der Waals surface area contributed by atoms with Crippen molar-refractivity contribution in [1.29, 1.82) is 0 Å². The van der Waals surface area contributed by atoms with E-state index in [0.29, 0.717) is 0 Å². The zero-order chi connectivity index (χ0) is 24.4.